The van der Waals surface area contributed by atoms with Gasteiger partial charge in [0.1, 0.15) is 0 Å². The number of halogens is 1. The Morgan fingerprint density at radius 2 is 2.29 bits per heavy atom. The summed E-state index contributed by atoms with van der Waals surface area (Å²) >= 11 is 5.98. The smallest absolute Gasteiger partial charge is 0.226 e. The minimum absolute atomic E-state index is 0.258. The van der Waals surface area contributed by atoms with Gasteiger partial charge in [-0.3, -0.25) is 4.68 Å². The molecule has 2 heterocycles. The van der Waals surface area contributed by atoms with Crippen molar-refractivity contribution in [3.63, 3.8) is 0 Å². The fourth-order valence-electron chi connectivity index (χ4n) is 1.05. The van der Waals surface area contributed by atoms with Crippen LogP contribution < -0.4 is 0 Å². The number of aromatic nitrogens is 6. The minimum Gasteiger partial charge on any atom is -0.268 e. The first-order valence-electron chi connectivity index (χ1n) is 4.17. The number of nitrogens with zero attached hydrogens (tertiary/aromatic N) is 5. The van der Waals surface area contributed by atoms with E-state index in [0.29, 0.717) is 16.5 Å². The lowest BCUT2D eigenvalue weighted by Crippen LogP contribution is -2.00. The Kier molecular flexibility index (Phi) is 2.20. The summed E-state index contributed by atoms with van der Waals surface area (Å²) in [5, 5.41) is 18.2. The zero-order chi connectivity index (χ0) is 10.1. The van der Waals surface area contributed by atoms with Crippen LogP contribution in [0.3, 0.4) is 0 Å². The number of H-pyrrole nitrogens is 1. The van der Waals surface area contributed by atoms with E-state index in [1.165, 1.54) is 0 Å². The van der Waals surface area contributed by atoms with Crippen LogP contribution in [-0.4, -0.2) is 30.4 Å². The van der Waals surface area contributed by atoms with Crippen molar-refractivity contribution in [3.8, 4) is 11.5 Å². The van der Waals surface area contributed by atoms with E-state index in [-0.39, 0.29) is 6.04 Å². The summed E-state index contributed by atoms with van der Waals surface area (Å²) in [6.07, 6.45) is 1.75. The van der Waals surface area contributed by atoms with Crippen LogP contribution in [-0.2, 0) is 0 Å². The zero-order valence-electron chi connectivity index (χ0n) is 7.77. The number of tetrazole rings is 1. The van der Waals surface area contributed by atoms with Crippen LogP contribution in [0.25, 0.3) is 11.5 Å². The Morgan fingerprint density at radius 3 is 2.79 bits per heavy atom. The molecule has 6 nitrogen and oxygen atoms in total. The normalized spacial score (nSPS) is 11.1. The van der Waals surface area contributed by atoms with Gasteiger partial charge in [-0.2, -0.15) is 10.3 Å². The molecule has 7 heteroatoms. The summed E-state index contributed by atoms with van der Waals surface area (Å²) in [6.45, 7) is 4.03. The maximum absolute atomic E-state index is 5.98. The van der Waals surface area contributed by atoms with Crippen LogP contribution >= 0.6 is 11.6 Å². The van der Waals surface area contributed by atoms with Gasteiger partial charge in [-0.15, -0.1) is 10.2 Å². The van der Waals surface area contributed by atoms with Gasteiger partial charge in [0.15, 0.2) is 5.69 Å². The van der Waals surface area contributed by atoms with Crippen molar-refractivity contribution in [1.82, 2.24) is 30.4 Å². The first-order valence-corrected chi connectivity index (χ1v) is 4.54. The highest BCUT2D eigenvalue weighted by Gasteiger charge is 2.14. The molecular weight excluding hydrogens is 204 g/mol. The molecule has 0 atom stereocenters. The molecule has 0 unspecified atom stereocenters. The topological polar surface area (TPSA) is 72.3 Å². The van der Waals surface area contributed by atoms with Crippen molar-refractivity contribution < 1.29 is 0 Å². The van der Waals surface area contributed by atoms with Crippen molar-refractivity contribution in [2.45, 2.75) is 19.9 Å². The molecule has 2 rings (SSSR count). The summed E-state index contributed by atoms with van der Waals surface area (Å²) in [5.41, 5.74) is 0.550. The molecule has 0 aliphatic heterocycles. The number of hydrogen-bond donors (Lipinski definition) is 1. The minimum atomic E-state index is 0.258. The van der Waals surface area contributed by atoms with Crippen molar-refractivity contribution in [2.75, 3.05) is 0 Å². The largest absolute Gasteiger partial charge is 0.268 e. The predicted octanol–water partition coefficient (Wildman–Crippen LogP) is 1.30. The Hall–Kier alpha value is -1.43. The van der Waals surface area contributed by atoms with Crippen molar-refractivity contribution in [1.29, 1.82) is 0 Å². The SMILES string of the molecule is CC(C)n1cc(Cl)c(-c2nn[nH]n2)n1. The number of rotatable bonds is 2. The van der Waals surface area contributed by atoms with Gasteiger partial charge in [0.05, 0.1) is 5.02 Å². The molecule has 0 aromatic carbocycles. The Bertz CT molecular complexity index is 417. The lowest BCUT2D eigenvalue weighted by molar-refractivity contribution is 0.533. The van der Waals surface area contributed by atoms with Gasteiger partial charge in [-0.05, 0) is 19.1 Å². The monoisotopic (exact) mass is 212 g/mol. The second-order valence-electron chi connectivity index (χ2n) is 3.13. The van der Waals surface area contributed by atoms with Gasteiger partial charge < -0.3 is 0 Å². The van der Waals surface area contributed by atoms with E-state index in [4.69, 9.17) is 11.6 Å². The van der Waals surface area contributed by atoms with Crippen molar-refractivity contribution in [2.24, 2.45) is 0 Å². The van der Waals surface area contributed by atoms with E-state index in [1.54, 1.807) is 10.9 Å². The Labute approximate surface area is 85.3 Å². The maximum Gasteiger partial charge on any atom is 0.226 e. The average Bonchev–Trinajstić information content (AvgIpc) is 2.71. The molecule has 0 bridgehead atoms. The average molecular weight is 213 g/mol. The first kappa shape index (κ1) is 9.14. The van der Waals surface area contributed by atoms with Crippen molar-refractivity contribution in [3.05, 3.63) is 11.2 Å². The van der Waals surface area contributed by atoms with E-state index in [1.807, 2.05) is 13.8 Å². The number of aromatic amines is 1. The molecule has 2 aromatic heterocycles. The second-order valence-corrected chi connectivity index (χ2v) is 3.54. The van der Waals surface area contributed by atoms with Gasteiger partial charge in [0.2, 0.25) is 5.82 Å². The van der Waals surface area contributed by atoms with Crippen LogP contribution in [0.2, 0.25) is 5.02 Å². The predicted molar refractivity (Wildman–Crippen MR) is 50.8 cm³/mol. The van der Waals surface area contributed by atoms with Crippen LogP contribution in [0.15, 0.2) is 6.20 Å². The molecule has 0 saturated carbocycles. The molecule has 74 valence electrons. The fraction of sp³-hybridized carbons (Fsp3) is 0.429. The Balaban J connectivity index is 2.45. The molecule has 0 amide bonds. The molecule has 0 fully saturated rings. The van der Waals surface area contributed by atoms with E-state index < -0.39 is 0 Å². The number of nitrogens with one attached hydrogen (secondary N) is 1. The summed E-state index contributed by atoms with van der Waals surface area (Å²) in [5.74, 6) is 0.411. The molecular formula is C7H9ClN6. The summed E-state index contributed by atoms with van der Waals surface area (Å²) < 4.78 is 1.76. The number of hydrogen-bond acceptors (Lipinski definition) is 4. The standard InChI is InChI=1S/C7H9ClN6/c1-4(2)14-3-5(8)6(11-14)7-9-12-13-10-7/h3-4H,1-2H3,(H,9,10,12,13). The molecule has 14 heavy (non-hydrogen) atoms. The van der Waals surface area contributed by atoms with E-state index in [9.17, 15) is 0 Å². The van der Waals surface area contributed by atoms with Gasteiger partial charge in [-0.25, -0.2) is 0 Å². The fourth-order valence-corrected chi connectivity index (χ4v) is 1.27. The van der Waals surface area contributed by atoms with Gasteiger partial charge >= 0.3 is 0 Å². The summed E-state index contributed by atoms with van der Waals surface area (Å²) in [6, 6.07) is 0.258. The summed E-state index contributed by atoms with van der Waals surface area (Å²) in [4.78, 5) is 0. The highest BCUT2D eigenvalue weighted by atomic mass is 35.5. The zero-order valence-corrected chi connectivity index (χ0v) is 8.52. The molecule has 2 aromatic rings. The summed E-state index contributed by atoms with van der Waals surface area (Å²) in [7, 11) is 0. The van der Waals surface area contributed by atoms with Crippen LogP contribution in [0, 0.1) is 0 Å². The molecule has 0 saturated heterocycles. The van der Waals surface area contributed by atoms with Gasteiger partial charge in [-0.1, -0.05) is 11.6 Å². The molecule has 0 aliphatic carbocycles. The third-order valence-electron chi connectivity index (χ3n) is 1.77. The van der Waals surface area contributed by atoms with Crippen LogP contribution in [0.1, 0.15) is 19.9 Å². The molecule has 0 radical (unpaired) electrons. The maximum atomic E-state index is 5.98. The van der Waals surface area contributed by atoms with Crippen molar-refractivity contribution >= 4 is 11.6 Å². The lowest BCUT2D eigenvalue weighted by atomic mass is 10.4. The first-order chi connectivity index (χ1) is 6.68. The van der Waals surface area contributed by atoms with E-state index in [0.717, 1.165) is 0 Å². The highest BCUT2D eigenvalue weighted by Crippen LogP contribution is 2.23. The Morgan fingerprint density at radius 1 is 1.50 bits per heavy atom. The lowest BCUT2D eigenvalue weighted by Gasteiger charge is -2.02. The van der Waals surface area contributed by atoms with Crippen LogP contribution in [0.4, 0.5) is 0 Å². The van der Waals surface area contributed by atoms with Gasteiger partial charge in [0.25, 0.3) is 0 Å². The van der Waals surface area contributed by atoms with Gasteiger partial charge in [0, 0.05) is 12.2 Å². The van der Waals surface area contributed by atoms with E-state index in [2.05, 4.69) is 25.7 Å². The van der Waals surface area contributed by atoms with E-state index >= 15 is 0 Å². The quantitative estimate of drug-likeness (QED) is 0.815. The van der Waals surface area contributed by atoms with Crippen LogP contribution in [0.5, 0.6) is 0 Å². The molecule has 1 N–H and O–H groups in total. The third-order valence-corrected chi connectivity index (χ3v) is 2.05. The molecule has 0 aliphatic rings. The third kappa shape index (κ3) is 1.48. The highest BCUT2D eigenvalue weighted by molar-refractivity contribution is 6.32. The molecule has 0 spiro atoms. The second kappa shape index (κ2) is 3.38.